The van der Waals surface area contributed by atoms with Gasteiger partial charge in [0.15, 0.2) is 11.5 Å². The van der Waals surface area contributed by atoms with Gasteiger partial charge < -0.3 is 14.2 Å². The largest absolute Gasteiger partial charge is 0.490 e. The van der Waals surface area contributed by atoms with E-state index in [1.165, 1.54) is 6.07 Å². The molecular formula is C11H8O5. The van der Waals surface area contributed by atoms with Gasteiger partial charge in [0.1, 0.15) is 5.56 Å². The molecule has 1 aromatic carbocycles. The van der Waals surface area contributed by atoms with Gasteiger partial charge in [-0.2, -0.15) is 0 Å². The molecule has 5 nitrogen and oxygen atoms in total. The molecule has 2 aliphatic rings. The molecule has 0 radical (unpaired) electrons. The molecule has 0 atom stereocenters. The van der Waals surface area contributed by atoms with E-state index in [0.29, 0.717) is 24.7 Å². The number of hydrogen-bond donors (Lipinski definition) is 0. The highest BCUT2D eigenvalue weighted by atomic mass is 16.6. The second kappa shape index (κ2) is 3.23. The smallest absolute Gasteiger partial charge is 0.350 e. The van der Waals surface area contributed by atoms with Crippen LogP contribution in [0.1, 0.15) is 27.1 Å². The molecule has 0 saturated carbocycles. The van der Waals surface area contributed by atoms with Crippen molar-refractivity contribution in [2.75, 3.05) is 13.2 Å². The second-order valence-corrected chi connectivity index (χ2v) is 3.54. The lowest BCUT2D eigenvalue weighted by molar-refractivity contribution is 0.0442. The Kier molecular flexibility index (Phi) is 1.86. The highest BCUT2D eigenvalue weighted by Gasteiger charge is 2.35. The Hall–Kier alpha value is -2.04. The van der Waals surface area contributed by atoms with E-state index in [2.05, 4.69) is 4.74 Å². The van der Waals surface area contributed by atoms with Crippen LogP contribution in [0.15, 0.2) is 12.1 Å². The lowest BCUT2D eigenvalue weighted by Crippen LogP contribution is -2.01. The zero-order valence-corrected chi connectivity index (χ0v) is 8.32. The van der Waals surface area contributed by atoms with Crippen molar-refractivity contribution in [1.82, 2.24) is 0 Å². The van der Waals surface area contributed by atoms with Crippen LogP contribution in [-0.2, 0) is 4.74 Å². The number of benzene rings is 1. The van der Waals surface area contributed by atoms with Crippen LogP contribution in [0.3, 0.4) is 0 Å². The fourth-order valence-corrected chi connectivity index (χ4v) is 1.80. The minimum absolute atomic E-state index is 0.185. The van der Waals surface area contributed by atoms with E-state index in [1.54, 1.807) is 6.07 Å². The predicted molar refractivity (Wildman–Crippen MR) is 51.8 cm³/mol. The van der Waals surface area contributed by atoms with E-state index in [9.17, 15) is 9.59 Å². The van der Waals surface area contributed by atoms with Crippen LogP contribution in [0.2, 0.25) is 0 Å². The number of rotatable bonds is 0. The van der Waals surface area contributed by atoms with Crippen molar-refractivity contribution in [1.29, 1.82) is 0 Å². The number of cyclic esters (lactones) is 2. The average molecular weight is 220 g/mol. The Morgan fingerprint density at radius 2 is 1.81 bits per heavy atom. The molecule has 3 rings (SSSR count). The third-order valence-corrected chi connectivity index (χ3v) is 2.52. The first-order chi connectivity index (χ1) is 7.77. The van der Waals surface area contributed by atoms with E-state index in [-0.39, 0.29) is 11.1 Å². The molecule has 16 heavy (non-hydrogen) atoms. The van der Waals surface area contributed by atoms with Crippen LogP contribution in [0.4, 0.5) is 0 Å². The first-order valence-electron chi connectivity index (χ1n) is 4.96. The van der Waals surface area contributed by atoms with E-state index < -0.39 is 11.9 Å². The molecule has 0 unspecified atom stereocenters. The predicted octanol–water partition coefficient (Wildman–Crippen LogP) is 1.16. The van der Waals surface area contributed by atoms with Crippen LogP contribution < -0.4 is 9.47 Å². The molecule has 82 valence electrons. The molecule has 0 bridgehead atoms. The summed E-state index contributed by atoms with van der Waals surface area (Å²) in [7, 11) is 0. The van der Waals surface area contributed by atoms with E-state index >= 15 is 0 Å². The third kappa shape index (κ3) is 1.18. The Bertz CT molecular complexity index is 491. The molecule has 5 heteroatoms. The van der Waals surface area contributed by atoms with Gasteiger partial charge in [0.25, 0.3) is 0 Å². The summed E-state index contributed by atoms with van der Waals surface area (Å²) in [5.41, 5.74) is 0.429. The maximum Gasteiger partial charge on any atom is 0.350 e. The van der Waals surface area contributed by atoms with Gasteiger partial charge >= 0.3 is 11.9 Å². The van der Waals surface area contributed by atoms with Crippen molar-refractivity contribution in [3.8, 4) is 11.5 Å². The second-order valence-electron chi connectivity index (χ2n) is 3.54. The van der Waals surface area contributed by atoms with Crippen LogP contribution in [0.25, 0.3) is 0 Å². The summed E-state index contributed by atoms with van der Waals surface area (Å²) in [5.74, 6) is -0.480. The van der Waals surface area contributed by atoms with E-state index in [0.717, 1.165) is 6.42 Å². The molecule has 0 aromatic heterocycles. The maximum atomic E-state index is 11.5. The normalized spacial score (nSPS) is 17.8. The number of carbonyl (C=O) groups is 2. The summed E-state index contributed by atoms with van der Waals surface area (Å²) in [4.78, 5) is 22.8. The summed E-state index contributed by atoms with van der Waals surface area (Å²) in [6, 6.07) is 3.15. The molecule has 2 aliphatic heterocycles. The fraction of sp³-hybridized carbons (Fsp3) is 0.273. The number of esters is 2. The first-order valence-corrected chi connectivity index (χ1v) is 4.96. The van der Waals surface area contributed by atoms with E-state index in [1.807, 2.05) is 0 Å². The molecule has 1 aromatic rings. The van der Waals surface area contributed by atoms with Gasteiger partial charge in [-0.15, -0.1) is 0 Å². The molecule has 0 N–H and O–H groups in total. The Morgan fingerprint density at radius 3 is 2.69 bits per heavy atom. The van der Waals surface area contributed by atoms with Gasteiger partial charge in [0, 0.05) is 6.42 Å². The van der Waals surface area contributed by atoms with Crippen LogP contribution in [-0.4, -0.2) is 25.2 Å². The molecule has 2 heterocycles. The quantitative estimate of drug-likeness (QED) is 0.485. The molecular weight excluding hydrogens is 212 g/mol. The third-order valence-electron chi connectivity index (χ3n) is 2.52. The molecule has 0 spiro atoms. The van der Waals surface area contributed by atoms with Gasteiger partial charge in [0.05, 0.1) is 18.8 Å². The molecule has 0 fully saturated rings. The minimum Gasteiger partial charge on any atom is -0.490 e. The Balaban J connectivity index is 2.22. The highest BCUT2D eigenvalue weighted by Crippen LogP contribution is 2.38. The van der Waals surface area contributed by atoms with Gasteiger partial charge in [-0.05, 0) is 12.1 Å². The summed E-state index contributed by atoms with van der Waals surface area (Å²) in [6.45, 7) is 1.000. The maximum absolute atomic E-state index is 11.5. The SMILES string of the molecule is O=C1OC(=O)c2c1ccc1c2OCCCO1. The lowest BCUT2D eigenvalue weighted by Gasteiger charge is -2.08. The van der Waals surface area contributed by atoms with Crippen molar-refractivity contribution in [2.45, 2.75) is 6.42 Å². The standard InChI is InChI=1S/C11H8O5/c12-10-6-2-3-7-9(8(6)11(13)16-10)15-5-1-4-14-7/h2-3H,1,4-5H2. The van der Waals surface area contributed by atoms with Crippen LogP contribution in [0, 0.1) is 0 Å². The topological polar surface area (TPSA) is 61.8 Å². The number of hydrogen-bond acceptors (Lipinski definition) is 5. The van der Waals surface area contributed by atoms with Crippen molar-refractivity contribution in [3.63, 3.8) is 0 Å². The average Bonchev–Trinajstić information content (AvgIpc) is 2.49. The number of fused-ring (bicyclic) bond motifs is 3. The fourth-order valence-electron chi connectivity index (χ4n) is 1.80. The summed E-state index contributed by atoms with van der Waals surface area (Å²) in [5, 5.41) is 0. The summed E-state index contributed by atoms with van der Waals surface area (Å²) < 4.78 is 15.4. The molecule has 0 amide bonds. The van der Waals surface area contributed by atoms with Gasteiger partial charge in [-0.3, -0.25) is 0 Å². The van der Waals surface area contributed by atoms with Crippen LogP contribution >= 0.6 is 0 Å². The van der Waals surface area contributed by atoms with E-state index in [4.69, 9.17) is 9.47 Å². The van der Waals surface area contributed by atoms with Gasteiger partial charge in [-0.25, -0.2) is 9.59 Å². The molecule has 0 aliphatic carbocycles. The number of carbonyl (C=O) groups excluding carboxylic acids is 2. The van der Waals surface area contributed by atoms with Crippen molar-refractivity contribution >= 4 is 11.9 Å². The van der Waals surface area contributed by atoms with Crippen molar-refractivity contribution in [3.05, 3.63) is 23.3 Å². The Morgan fingerprint density at radius 1 is 1.00 bits per heavy atom. The van der Waals surface area contributed by atoms with Crippen molar-refractivity contribution in [2.24, 2.45) is 0 Å². The minimum atomic E-state index is -0.664. The van der Waals surface area contributed by atoms with Gasteiger partial charge in [-0.1, -0.05) is 0 Å². The van der Waals surface area contributed by atoms with Crippen LogP contribution in [0.5, 0.6) is 11.5 Å². The zero-order chi connectivity index (χ0) is 11.1. The van der Waals surface area contributed by atoms with Crippen molar-refractivity contribution < 1.29 is 23.8 Å². The summed E-state index contributed by atoms with van der Waals surface area (Å²) in [6.07, 6.45) is 0.743. The first kappa shape index (κ1) is 9.21. The monoisotopic (exact) mass is 220 g/mol. The lowest BCUT2D eigenvalue weighted by atomic mass is 10.1. The summed E-state index contributed by atoms with van der Waals surface area (Å²) >= 11 is 0. The van der Waals surface area contributed by atoms with Gasteiger partial charge in [0.2, 0.25) is 0 Å². The number of ether oxygens (including phenoxy) is 3. The molecule has 0 saturated heterocycles. The Labute approximate surface area is 90.9 Å². The highest BCUT2D eigenvalue weighted by molar-refractivity contribution is 6.16. The zero-order valence-electron chi connectivity index (χ0n) is 8.32.